The summed E-state index contributed by atoms with van der Waals surface area (Å²) in [5.74, 6) is 1.10. The monoisotopic (exact) mass is 254 g/mol. The molecular weight excluding hydrogens is 236 g/mol. The summed E-state index contributed by atoms with van der Waals surface area (Å²) < 4.78 is 10.1. The Hall–Kier alpha value is -2.05. The van der Waals surface area contributed by atoms with Crippen LogP contribution in [0.25, 0.3) is 0 Å². The largest absolute Gasteiger partial charge is 0.490 e. The molecule has 0 aliphatic carbocycles. The number of hydrogen-bond donors (Lipinski definition) is 2. The molecule has 100 valence electrons. The highest BCUT2D eigenvalue weighted by Crippen LogP contribution is 2.28. The summed E-state index contributed by atoms with van der Waals surface area (Å²) in [5, 5.41) is 5.81. The third-order valence-corrected chi connectivity index (χ3v) is 2.24. The molecule has 0 radical (unpaired) electrons. The highest BCUT2D eigenvalue weighted by atomic mass is 16.5. The van der Waals surface area contributed by atoms with E-state index in [-0.39, 0.29) is 5.97 Å². The number of aromatic nitrogens is 2. The number of nitrogens with one attached hydrogen (secondary N) is 2. The molecule has 0 amide bonds. The van der Waals surface area contributed by atoms with Crippen LogP contribution in [0.1, 0.15) is 13.8 Å². The fraction of sp³-hybridized carbons (Fsp3) is 0.545. The number of anilines is 2. The quantitative estimate of drug-likeness (QED) is 0.729. The predicted octanol–water partition coefficient (Wildman–Crippen LogP) is 0.890. The number of ether oxygens (including phenoxy) is 2. The second-order valence-electron chi connectivity index (χ2n) is 3.47. The normalized spacial score (nSPS) is 11.6. The predicted molar refractivity (Wildman–Crippen MR) is 67.8 cm³/mol. The molecule has 1 aromatic rings. The van der Waals surface area contributed by atoms with Gasteiger partial charge >= 0.3 is 5.97 Å². The molecule has 0 saturated carbocycles. The van der Waals surface area contributed by atoms with E-state index in [1.54, 1.807) is 20.9 Å². The van der Waals surface area contributed by atoms with Crippen LogP contribution in [0.15, 0.2) is 6.33 Å². The van der Waals surface area contributed by atoms with E-state index in [4.69, 9.17) is 9.47 Å². The minimum atomic E-state index is -0.515. The van der Waals surface area contributed by atoms with Crippen molar-refractivity contribution in [1.82, 2.24) is 9.97 Å². The van der Waals surface area contributed by atoms with Crippen LogP contribution in [0.5, 0.6) is 5.75 Å². The molecule has 0 aliphatic heterocycles. The van der Waals surface area contributed by atoms with Crippen LogP contribution < -0.4 is 15.4 Å². The molecule has 2 N–H and O–H groups in total. The van der Waals surface area contributed by atoms with Gasteiger partial charge in [-0.1, -0.05) is 0 Å². The summed E-state index contributed by atoms with van der Waals surface area (Å²) in [4.78, 5) is 19.6. The fourth-order valence-corrected chi connectivity index (χ4v) is 1.38. The van der Waals surface area contributed by atoms with E-state index in [0.717, 1.165) is 0 Å². The van der Waals surface area contributed by atoms with Crippen molar-refractivity contribution in [2.24, 2.45) is 0 Å². The van der Waals surface area contributed by atoms with Gasteiger partial charge < -0.3 is 20.1 Å². The number of carbonyl (C=O) groups is 1. The van der Waals surface area contributed by atoms with Crippen molar-refractivity contribution in [3.05, 3.63) is 6.33 Å². The molecule has 0 bridgehead atoms. The first kappa shape index (κ1) is 14.0. The van der Waals surface area contributed by atoms with Crippen molar-refractivity contribution in [3.63, 3.8) is 0 Å². The number of methoxy groups -OCH3 is 1. The van der Waals surface area contributed by atoms with Crippen LogP contribution >= 0.6 is 0 Å². The molecule has 1 unspecified atom stereocenters. The van der Waals surface area contributed by atoms with Crippen LogP contribution in [-0.2, 0) is 9.53 Å². The van der Waals surface area contributed by atoms with Gasteiger partial charge in [-0.15, -0.1) is 0 Å². The maximum atomic E-state index is 11.5. The Kier molecular flexibility index (Phi) is 5.16. The molecule has 7 heteroatoms. The summed E-state index contributed by atoms with van der Waals surface area (Å²) in [6, 6.07) is -0.515. The van der Waals surface area contributed by atoms with Gasteiger partial charge in [-0.3, -0.25) is 0 Å². The number of carbonyl (C=O) groups excluding carboxylic acids is 1. The van der Waals surface area contributed by atoms with Gasteiger partial charge in [0.1, 0.15) is 12.4 Å². The van der Waals surface area contributed by atoms with E-state index >= 15 is 0 Å². The summed E-state index contributed by atoms with van der Waals surface area (Å²) >= 11 is 0. The van der Waals surface area contributed by atoms with Gasteiger partial charge in [0.15, 0.2) is 11.6 Å². The summed E-state index contributed by atoms with van der Waals surface area (Å²) in [5.41, 5.74) is 0. The second-order valence-corrected chi connectivity index (χ2v) is 3.47. The molecule has 1 atom stereocenters. The van der Waals surface area contributed by atoms with Crippen molar-refractivity contribution in [1.29, 1.82) is 0 Å². The Morgan fingerprint density at radius 2 is 2.11 bits per heavy atom. The van der Waals surface area contributed by atoms with Crippen molar-refractivity contribution in [3.8, 4) is 5.75 Å². The van der Waals surface area contributed by atoms with Gasteiger partial charge in [-0.05, 0) is 13.8 Å². The lowest BCUT2D eigenvalue weighted by atomic mass is 10.3. The molecule has 0 saturated heterocycles. The van der Waals surface area contributed by atoms with Crippen molar-refractivity contribution in [2.75, 3.05) is 31.4 Å². The Morgan fingerprint density at radius 3 is 2.67 bits per heavy atom. The molecule has 1 rings (SSSR count). The van der Waals surface area contributed by atoms with Crippen LogP contribution in [0.3, 0.4) is 0 Å². The van der Waals surface area contributed by atoms with E-state index in [1.807, 2.05) is 0 Å². The Balaban J connectivity index is 2.87. The Labute approximate surface area is 106 Å². The molecular formula is C11H18N4O3. The highest BCUT2D eigenvalue weighted by molar-refractivity contribution is 5.79. The van der Waals surface area contributed by atoms with Crippen molar-refractivity contribution < 1.29 is 14.3 Å². The second kappa shape index (κ2) is 6.63. The van der Waals surface area contributed by atoms with E-state index in [2.05, 4.69) is 20.6 Å². The zero-order valence-corrected chi connectivity index (χ0v) is 11.0. The summed E-state index contributed by atoms with van der Waals surface area (Å²) in [7, 11) is 3.24. The first-order chi connectivity index (χ1) is 8.63. The maximum Gasteiger partial charge on any atom is 0.328 e. The van der Waals surface area contributed by atoms with E-state index in [0.29, 0.717) is 24.0 Å². The summed E-state index contributed by atoms with van der Waals surface area (Å²) in [6.45, 7) is 3.79. The van der Waals surface area contributed by atoms with Crippen LogP contribution in [0, 0.1) is 0 Å². The number of nitrogens with zero attached hydrogens (tertiary/aromatic N) is 2. The molecule has 0 spiro atoms. The lowest BCUT2D eigenvalue weighted by Gasteiger charge is -2.16. The Morgan fingerprint density at radius 1 is 1.44 bits per heavy atom. The van der Waals surface area contributed by atoms with Gasteiger partial charge in [-0.2, -0.15) is 0 Å². The van der Waals surface area contributed by atoms with Crippen molar-refractivity contribution >= 4 is 17.6 Å². The Bertz CT molecular complexity index is 411. The topological polar surface area (TPSA) is 85.4 Å². The van der Waals surface area contributed by atoms with E-state index in [1.165, 1.54) is 13.4 Å². The standard InChI is InChI=1S/C11H18N4O3/c1-5-18-11(16)7(2)15-10-8(17-4)9(12-3)13-6-14-10/h6-7H,5H2,1-4H3,(H2,12,13,14,15). The number of rotatable bonds is 6. The van der Waals surface area contributed by atoms with Gasteiger partial charge in [0.2, 0.25) is 5.75 Å². The van der Waals surface area contributed by atoms with Crippen molar-refractivity contribution in [2.45, 2.75) is 19.9 Å². The highest BCUT2D eigenvalue weighted by Gasteiger charge is 2.18. The zero-order valence-electron chi connectivity index (χ0n) is 11.0. The fourth-order valence-electron chi connectivity index (χ4n) is 1.38. The van der Waals surface area contributed by atoms with E-state index in [9.17, 15) is 4.79 Å². The average molecular weight is 254 g/mol. The first-order valence-corrected chi connectivity index (χ1v) is 5.63. The van der Waals surface area contributed by atoms with Gasteiger partial charge in [0.25, 0.3) is 0 Å². The molecule has 18 heavy (non-hydrogen) atoms. The van der Waals surface area contributed by atoms with Crippen LogP contribution in [0.4, 0.5) is 11.6 Å². The van der Waals surface area contributed by atoms with Gasteiger partial charge in [-0.25, -0.2) is 14.8 Å². The maximum absolute atomic E-state index is 11.5. The number of esters is 1. The molecule has 0 aliphatic rings. The molecule has 1 aromatic heterocycles. The van der Waals surface area contributed by atoms with Gasteiger partial charge in [0, 0.05) is 7.05 Å². The zero-order chi connectivity index (χ0) is 13.5. The molecule has 7 nitrogen and oxygen atoms in total. The lowest BCUT2D eigenvalue weighted by Crippen LogP contribution is -2.28. The summed E-state index contributed by atoms with van der Waals surface area (Å²) in [6.07, 6.45) is 1.38. The van der Waals surface area contributed by atoms with E-state index < -0.39 is 6.04 Å². The minimum absolute atomic E-state index is 0.341. The first-order valence-electron chi connectivity index (χ1n) is 5.63. The SMILES string of the molecule is CCOC(=O)C(C)Nc1ncnc(NC)c1OC. The van der Waals surface area contributed by atoms with Crippen LogP contribution in [-0.4, -0.2) is 42.7 Å². The lowest BCUT2D eigenvalue weighted by molar-refractivity contribution is -0.143. The molecule has 0 fully saturated rings. The molecule has 1 heterocycles. The van der Waals surface area contributed by atoms with Gasteiger partial charge in [0.05, 0.1) is 13.7 Å². The molecule has 0 aromatic carbocycles. The third-order valence-electron chi connectivity index (χ3n) is 2.24. The minimum Gasteiger partial charge on any atom is -0.490 e. The average Bonchev–Trinajstić information content (AvgIpc) is 2.38. The van der Waals surface area contributed by atoms with Crippen LogP contribution in [0.2, 0.25) is 0 Å². The number of hydrogen-bond acceptors (Lipinski definition) is 7. The smallest absolute Gasteiger partial charge is 0.328 e. The third kappa shape index (κ3) is 3.22.